The van der Waals surface area contributed by atoms with E-state index in [0.29, 0.717) is 33.4 Å². The number of ether oxygens (including phenoxy) is 2. The molecule has 0 spiro atoms. The Morgan fingerprint density at radius 3 is 2.89 bits per heavy atom. The van der Waals surface area contributed by atoms with Gasteiger partial charge in [-0.25, -0.2) is 9.97 Å². The number of hydrogen-bond donors (Lipinski definition) is 3. The van der Waals surface area contributed by atoms with Crippen LogP contribution in [0.2, 0.25) is 5.02 Å². The van der Waals surface area contributed by atoms with Crippen molar-refractivity contribution < 1.29 is 14.3 Å². The Balaban J connectivity index is 1.35. The average molecular weight is 509 g/mol. The highest BCUT2D eigenvalue weighted by Crippen LogP contribution is 2.46. The Labute approximate surface area is 214 Å². The van der Waals surface area contributed by atoms with Gasteiger partial charge in [-0.3, -0.25) is 9.69 Å². The van der Waals surface area contributed by atoms with Crippen molar-refractivity contribution in [2.24, 2.45) is 23.5 Å². The van der Waals surface area contributed by atoms with E-state index in [1.807, 2.05) is 6.07 Å². The van der Waals surface area contributed by atoms with E-state index in [2.05, 4.69) is 44.5 Å². The van der Waals surface area contributed by atoms with E-state index in [1.165, 1.54) is 0 Å². The minimum atomic E-state index is -0.294. The second kappa shape index (κ2) is 9.38. The van der Waals surface area contributed by atoms with Gasteiger partial charge in [0.25, 0.3) is 0 Å². The SMILES string of the molecule is COc1ccc(CN2CCOCC2)cc1-c1nc2ncc(Cl)c(NC3C4C=CC(C4)C3C(N)=O)c2[nH]1. The Morgan fingerprint density at radius 1 is 1.31 bits per heavy atom. The van der Waals surface area contributed by atoms with Gasteiger partial charge in [-0.15, -0.1) is 0 Å². The van der Waals surface area contributed by atoms with Crippen LogP contribution in [-0.4, -0.2) is 65.2 Å². The smallest absolute Gasteiger partial charge is 0.223 e. The second-order valence-corrected chi connectivity index (χ2v) is 10.1. The first-order chi connectivity index (χ1) is 17.5. The third-order valence-corrected chi connectivity index (χ3v) is 7.89. The molecule has 2 bridgehead atoms. The third-order valence-electron chi connectivity index (χ3n) is 7.60. The van der Waals surface area contributed by atoms with E-state index in [9.17, 15) is 4.79 Å². The molecule has 6 rings (SSSR count). The molecule has 3 aliphatic rings. The summed E-state index contributed by atoms with van der Waals surface area (Å²) in [6.07, 6.45) is 6.77. The summed E-state index contributed by atoms with van der Waals surface area (Å²) in [5, 5.41) is 3.99. The number of imidazole rings is 1. The molecule has 9 nitrogen and oxygen atoms in total. The normalized spacial score (nSPS) is 25.5. The van der Waals surface area contributed by atoms with Gasteiger partial charge in [0.05, 0.1) is 48.7 Å². The molecule has 2 fully saturated rings. The number of benzene rings is 1. The summed E-state index contributed by atoms with van der Waals surface area (Å²) in [4.78, 5) is 27.3. The predicted molar refractivity (Wildman–Crippen MR) is 138 cm³/mol. The Kier molecular flexibility index (Phi) is 6.07. The number of fused-ring (bicyclic) bond motifs is 3. The fourth-order valence-electron chi connectivity index (χ4n) is 5.83. The molecule has 4 unspecified atom stereocenters. The minimum absolute atomic E-state index is 0.126. The van der Waals surface area contributed by atoms with E-state index >= 15 is 0 Å². The van der Waals surface area contributed by atoms with Crippen LogP contribution >= 0.6 is 11.6 Å². The van der Waals surface area contributed by atoms with Gasteiger partial charge >= 0.3 is 0 Å². The maximum absolute atomic E-state index is 12.2. The van der Waals surface area contributed by atoms with Crippen molar-refractivity contribution in [3.05, 3.63) is 47.1 Å². The van der Waals surface area contributed by atoms with Crippen LogP contribution in [0.3, 0.4) is 0 Å². The first-order valence-corrected chi connectivity index (χ1v) is 12.7. The summed E-state index contributed by atoms with van der Waals surface area (Å²) < 4.78 is 11.1. The topological polar surface area (TPSA) is 118 Å². The number of nitrogens with zero attached hydrogens (tertiary/aromatic N) is 3. The van der Waals surface area contributed by atoms with Crippen LogP contribution in [0, 0.1) is 17.8 Å². The molecule has 4 N–H and O–H groups in total. The molecule has 2 aliphatic carbocycles. The van der Waals surface area contributed by atoms with Crippen LogP contribution in [0.5, 0.6) is 5.75 Å². The Hall–Kier alpha value is -3.14. The van der Waals surface area contributed by atoms with Crippen molar-refractivity contribution in [3.8, 4) is 17.1 Å². The van der Waals surface area contributed by atoms with E-state index in [-0.39, 0.29) is 29.7 Å². The molecule has 188 valence electrons. The molecule has 1 aromatic carbocycles. The lowest BCUT2D eigenvalue weighted by Gasteiger charge is -2.28. The van der Waals surface area contributed by atoms with E-state index in [0.717, 1.165) is 50.4 Å². The van der Waals surface area contributed by atoms with Gasteiger partial charge in [0, 0.05) is 25.7 Å². The first kappa shape index (κ1) is 23.3. The molecule has 3 heterocycles. The lowest BCUT2D eigenvalue weighted by Crippen LogP contribution is -2.41. The molecule has 4 atom stereocenters. The van der Waals surface area contributed by atoms with Gasteiger partial charge in [-0.2, -0.15) is 0 Å². The number of aromatic amines is 1. The fourth-order valence-corrected chi connectivity index (χ4v) is 6.03. The number of pyridine rings is 1. The number of carbonyl (C=O) groups is 1. The largest absolute Gasteiger partial charge is 0.496 e. The molecule has 2 aromatic heterocycles. The highest BCUT2D eigenvalue weighted by atomic mass is 35.5. The number of rotatable bonds is 7. The number of anilines is 1. The molecule has 1 saturated heterocycles. The maximum atomic E-state index is 12.2. The van der Waals surface area contributed by atoms with E-state index in [1.54, 1.807) is 13.3 Å². The molecule has 1 aliphatic heterocycles. The molecular weight excluding hydrogens is 480 g/mol. The molecule has 3 aromatic rings. The zero-order valence-electron chi connectivity index (χ0n) is 20.0. The van der Waals surface area contributed by atoms with Crippen LogP contribution in [0.4, 0.5) is 5.69 Å². The lowest BCUT2D eigenvalue weighted by molar-refractivity contribution is -0.122. The van der Waals surface area contributed by atoms with Crippen molar-refractivity contribution in [1.29, 1.82) is 0 Å². The summed E-state index contributed by atoms with van der Waals surface area (Å²) in [6.45, 7) is 4.15. The summed E-state index contributed by atoms with van der Waals surface area (Å²) >= 11 is 6.61. The Morgan fingerprint density at radius 2 is 2.11 bits per heavy atom. The maximum Gasteiger partial charge on any atom is 0.223 e. The number of nitrogens with one attached hydrogen (secondary N) is 2. The number of primary amides is 1. The number of amides is 1. The van der Waals surface area contributed by atoms with Gasteiger partial charge in [-0.1, -0.05) is 29.8 Å². The molecule has 1 saturated carbocycles. The Bertz CT molecular complexity index is 1330. The van der Waals surface area contributed by atoms with Crippen LogP contribution < -0.4 is 15.8 Å². The van der Waals surface area contributed by atoms with Crippen molar-refractivity contribution in [3.63, 3.8) is 0 Å². The van der Waals surface area contributed by atoms with Gasteiger partial charge in [0.1, 0.15) is 17.1 Å². The summed E-state index contributed by atoms with van der Waals surface area (Å²) in [7, 11) is 1.65. The van der Waals surface area contributed by atoms with E-state index in [4.69, 9.17) is 31.8 Å². The van der Waals surface area contributed by atoms with Crippen LogP contribution in [-0.2, 0) is 16.1 Å². The average Bonchev–Trinajstić information content (AvgIpc) is 3.61. The van der Waals surface area contributed by atoms with Crippen molar-refractivity contribution >= 4 is 34.4 Å². The molecule has 36 heavy (non-hydrogen) atoms. The minimum Gasteiger partial charge on any atom is -0.496 e. The molecular formula is C26H29ClN6O3. The number of H-pyrrole nitrogens is 1. The van der Waals surface area contributed by atoms with Crippen LogP contribution in [0.1, 0.15) is 12.0 Å². The number of halogens is 1. The summed E-state index contributed by atoms with van der Waals surface area (Å²) in [6, 6.07) is 6.02. The van der Waals surface area contributed by atoms with Crippen molar-refractivity contribution in [2.45, 2.75) is 19.0 Å². The first-order valence-electron chi connectivity index (χ1n) is 12.3. The van der Waals surface area contributed by atoms with Gasteiger partial charge in [0.15, 0.2) is 5.65 Å². The standard InChI is InChI=1S/C26H29ClN6O3/c1-35-19-5-2-14(13-33-6-8-36-9-7-33)10-17(19)25-31-23-22(18(27)12-29-26(23)32-25)30-21-16-4-3-15(11-16)20(21)24(28)34/h2-5,10,12,15-16,20-21H,6-9,11,13H2,1H3,(H2,28,34)(H2,29,30,31,32). The summed E-state index contributed by atoms with van der Waals surface area (Å²) in [5.74, 6) is 1.18. The zero-order valence-corrected chi connectivity index (χ0v) is 20.8. The number of allylic oxidation sites excluding steroid dienone is 1. The number of nitrogens with two attached hydrogens (primary N) is 1. The molecule has 10 heteroatoms. The number of aromatic nitrogens is 3. The van der Waals surface area contributed by atoms with Gasteiger partial charge in [-0.05, 0) is 36.0 Å². The van der Waals surface area contributed by atoms with Gasteiger partial charge < -0.3 is 25.5 Å². The molecule has 1 amide bonds. The zero-order chi connectivity index (χ0) is 24.8. The second-order valence-electron chi connectivity index (χ2n) is 9.73. The highest BCUT2D eigenvalue weighted by molar-refractivity contribution is 6.34. The number of hydrogen-bond acceptors (Lipinski definition) is 7. The summed E-state index contributed by atoms with van der Waals surface area (Å²) in [5.41, 5.74) is 9.68. The fraction of sp³-hybridized carbons (Fsp3) is 0.423. The monoisotopic (exact) mass is 508 g/mol. The number of methoxy groups -OCH3 is 1. The van der Waals surface area contributed by atoms with Crippen LogP contribution in [0.25, 0.3) is 22.6 Å². The highest BCUT2D eigenvalue weighted by Gasteiger charge is 2.47. The van der Waals surface area contributed by atoms with Crippen molar-refractivity contribution in [2.75, 3.05) is 38.7 Å². The van der Waals surface area contributed by atoms with Crippen LogP contribution in [0.15, 0.2) is 36.5 Å². The third kappa shape index (κ3) is 4.11. The molecule has 0 radical (unpaired) electrons. The van der Waals surface area contributed by atoms with E-state index < -0.39 is 0 Å². The lowest BCUT2D eigenvalue weighted by atomic mass is 9.88. The number of carbonyl (C=O) groups excluding carboxylic acids is 1. The number of morpholine rings is 1. The predicted octanol–water partition coefficient (Wildman–Crippen LogP) is 3.21. The quantitative estimate of drug-likeness (QED) is 0.419. The van der Waals surface area contributed by atoms with Gasteiger partial charge in [0.2, 0.25) is 5.91 Å². The van der Waals surface area contributed by atoms with Crippen molar-refractivity contribution in [1.82, 2.24) is 19.9 Å².